The van der Waals surface area contributed by atoms with Crippen molar-refractivity contribution in [1.29, 1.82) is 0 Å². The number of hydrogen-bond acceptors (Lipinski definition) is 8. The Bertz CT molecular complexity index is 1020. The van der Waals surface area contributed by atoms with Crippen LogP contribution in [0.1, 0.15) is 0 Å². The maximum Gasteiger partial charge on any atom is 0.573 e. The molecule has 0 fully saturated rings. The van der Waals surface area contributed by atoms with Crippen molar-refractivity contribution < 1.29 is 32.1 Å². The van der Waals surface area contributed by atoms with E-state index in [0.29, 0.717) is 34.4 Å². The number of halogens is 3. The lowest BCUT2D eigenvalue weighted by Gasteiger charge is -2.15. The van der Waals surface area contributed by atoms with Crippen LogP contribution in [0.3, 0.4) is 0 Å². The van der Waals surface area contributed by atoms with Gasteiger partial charge in [-0.15, -0.1) is 13.2 Å². The molecule has 0 spiro atoms. The Morgan fingerprint density at radius 3 is 2.16 bits per heavy atom. The molecule has 2 N–H and O–H groups in total. The third kappa shape index (κ3) is 5.81. The van der Waals surface area contributed by atoms with Crippen molar-refractivity contribution in [3.05, 3.63) is 48.7 Å². The number of rotatable bonds is 8. The van der Waals surface area contributed by atoms with E-state index in [-0.39, 0.29) is 11.7 Å². The maximum absolute atomic E-state index is 12.4. The molecule has 8 nitrogen and oxygen atoms in total. The minimum atomic E-state index is -4.77. The van der Waals surface area contributed by atoms with Crippen molar-refractivity contribution in [3.63, 3.8) is 0 Å². The van der Waals surface area contributed by atoms with Gasteiger partial charge in [-0.25, -0.2) is 4.98 Å². The highest BCUT2D eigenvalue weighted by Gasteiger charge is 2.31. The Labute approximate surface area is 175 Å². The van der Waals surface area contributed by atoms with E-state index in [1.54, 1.807) is 24.3 Å². The third-order valence-corrected chi connectivity index (χ3v) is 3.92. The van der Waals surface area contributed by atoms with Crippen LogP contribution < -0.4 is 29.6 Å². The fourth-order valence-corrected chi connectivity index (χ4v) is 2.69. The number of hydrogen-bond donors (Lipinski definition) is 2. The van der Waals surface area contributed by atoms with Gasteiger partial charge in [0.05, 0.1) is 21.3 Å². The van der Waals surface area contributed by atoms with Crippen molar-refractivity contribution in [2.45, 2.75) is 6.36 Å². The molecule has 164 valence electrons. The topological polar surface area (TPSA) is 86.8 Å². The molecule has 0 saturated carbocycles. The maximum atomic E-state index is 12.4. The largest absolute Gasteiger partial charge is 0.573 e. The van der Waals surface area contributed by atoms with Crippen molar-refractivity contribution in [2.75, 3.05) is 32.0 Å². The van der Waals surface area contributed by atoms with Crippen LogP contribution in [0.15, 0.2) is 48.7 Å². The zero-order chi connectivity index (χ0) is 22.4. The molecule has 3 rings (SSSR count). The quantitative estimate of drug-likeness (QED) is 0.516. The highest BCUT2D eigenvalue weighted by Crippen LogP contribution is 2.40. The Balaban J connectivity index is 1.79. The fourth-order valence-electron chi connectivity index (χ4n) is 2.69. The summed E-state index contributed by atoms with van der Waals surface area (Å²) >= 11 is 0. The van der Waals surface area contributed by atoms with Crippen LogP contribution in [0, 0.1) is 0 Å². The Kier molecular flexibility index (Phi) is 6.53. The van der Waals surface area contributed by atoms with E-state index in [0.717, 1.165) is 0 Å². The normalized spacial score (nSPS) is 10.9. The van der Waals surface area contributed by atoms with Gasteiger partial charge in [0.15, 0.2) is 11.5 Å². The van der Waals surface area contributed by atoms with Crippen molar-refractivity contribution in [2.24, 2.45) is 0 Å². The summed E-state index contributed by atoms with van der Waals surface area (Å²) in [6.07, 6.45) is -3.28. The molecule has 0 unspecified atom stereocenters. The molecule has 0 aliphatic heterocycles. The van der Waals surface area contributed by atoms with Crippen LogP contribution in [-0.4, -0.2) is 37.7 Å². The number of nitrogens with one attached hydrogen (secondary N) is 2. The van der Waals surface area contributed by atoms with Crippen molar-refractivity contribution in [1.82, 2.24) is 9.97 Å². The first-order valence-corrected chi connectivity index (χ1v) is 8.84. The monoisotopic (exact) mass is 436 g/mol. The van der Waals surface area contributed by atoms with Crippen LogP contribution in [0.5, 0.6) is 23.0 Å². The van der Waals surface area contributed by atoms with Crippen LogP contribution in [0.25, 0.3) is 0 Å². The van der Waals surface area contributed by atoms with Gasteiger partial charge < -0.3 is 29.6 Å². The molecule has 3 aromatic rings. The smallest absolute Gasteiger partial charge is 0.493 e. The van der Waals surface area contributed by atoms with E-state index >= 15 is 0 Å². The van der Waals surface area contributed by atoms with E-state index in [4.69, 9.17) is 14.2 Å². The number of anilines is 4. The summed E-state index contributed by atoms with van der Waals surface area (Å²) in [5.41, 5.74) is 0.936. The Hall–Kier alpha value is -3.89. The lowest BCUT2D eigenvalue weighted by Crippen LogP contribution is -2.17. The summed E-state index contributed by atoms with van der Waals surface area (Å²) in [6.45, 7) is 0. The molecule has 1 heterocycles. The lowest BCUT2D eigenvalue weighted by atomic mass is 10.2. The van der Waals surface area contributed by atoms with E-state index in [2.05, 4.69) is 25.3 Å². The molecule has 0 aliphatic carbocycles. The number of alkyl halides is 3. The van der Waals surface area contributed by atoms with Gasteiger partial charge in [0.1, 0.15) is 11.6 Å². The fraction of sp³-hybridized carbons (Fsp3) is 0.200. The first-order chi connectivity index (χ1) is 14.8. The number of aromatic nitrogens is 2. The highest BCUT2D eigenvalue weighted by molar-refractivity contribution is 5.66. The van der Waals surface area contributed by atoms with Crippen molar-refractivity contribution >= 4 is 23.1 Å². The van der Waals surface area contributed by atoms with E-state index in [1.165, 1.54) is 45.7 Å². The van der Waals surface area contributed by atoms with E-state index in [1.807, 2.05) is 0 Å². The van der Waals surface area contributed by atoms with Gasteiger partial charge in [-0.2, -0.15) is 4.98 Å². The van der Waals surface area contributed by atoms with Crippen LogP contribution >= 0.6 is 0 Å². The summed E-state index contributed by atoms with van der Waals surface area (Å²) in [6, 6.07) is 10.4. The second kappa shape index (κ2) is 9.28. The second-order valence-corrected chi connectivity index (χ2v) is 6.01. The van der Waals surface area contributed by atoms with Gasteiger partial charge in [0.25, 0.3) is 0 Å². The predicted molar refractivity (Wildman–Crippen MR) is 108 cm³/mol. The molecule has 0 aliphatic rings. The summed E-state index contributed by atoms with van der Waals surface area (Å²) in [5, 5.41) is 5.93. The minimum Gasteiger partial charge on any atom is -0.493 e. The average Bonchev–Trinajstić information content (AvgIpc) is 2.72. The number of benzene rings is 2. The van der Waals surface area contributed by atoms with E-state index in [9.17, 15) is 13.2 Å². The van der Waals surface area contributed by atoms with Gasteiger partial charge in [0, 0.05) is 35.8 Å². The third-order valence-electron chi connectivity index (χ3n) is 3.92. The SMILES string of the molecule is COc1cc(Nc2nccc(Nc3cccc(OC(F)(F)F)c3)n2)cc(OC)c1OC. The molecule has 0 radical (unpaired) electrons. The number of methoxy groups -OCH3 is 3. The van der Waals surface area contributed by atoms with Crippen LogP contribution in [0.4, 0.5) is 36.3 Å². The van der Waals surface area contributed by atoms with Gasteiger partial charge in [0.2, 0.25) is 11.7 Å². The first-order valence-electron chi connectivity index (χ1n) is 8.84. The highest BCUT2D eigenvalue weighted by atomic mass is 19.4. The van der Waals surface area contributed by atoms with Gasteiger partial charge in [-0.05, 0) is 18.2 Å². The van der Waals surface area contributed by atoms with Gasteiger partial charge >= 0.3 is 6.36 Å². The zero-order valence-electron chi connectivity index (χ0n) is 16.8. The first kappa shape index (κ1) is 21.8. The summed E-state index contributed by atoms with van der Waals surface area (Å²) in [5.74, 6) is 1.58. The summed E-state index contributed by atoms with van der Waals surface area (Å²) in [4.78, 5) is 8.46. The van der Waals surface area contributed by atoms with Crippen LogP contribution in [0.2, 0.25) is 0 Å². The Morgan fingerprint density at radius 2 is 1.55 bits per heavy atom. The molecule has 0 saturated heterocycles. The molecule has 0 amide bonds. The number of ether oxygens (including phenoxy) is 4. The second-order valence-electron chi connectivity index (χ2n) is 6.01. The summed E-state index contributed by atoms with van der Waals surface area (Å²) in [7, 11) is 4.50. The van der Waals surface area contributed by atoms with Gasteiger partial charge in [-0.1, -0.05) is 6.07 Å². The zero-order valence-corrected chi connectivity index (χ0v) is 16.8. The predicted octanol–water partition coefficient (Wildman–Crippen LogP) is 4.89. The molecular weight excluding hydrogens is 417 g/mol. The molecule has 0 bridgehead atoms. The minimum absolute atomic E-state index is 0.238. The van der Waals surface area contributed by atoms with Crippen LogP contribution in [-0.2, 0) is 0 Å². The molecule has 31 heavy (non-hydrogen) atoms. The standard InChI is InChI=1S/C20H19F3N4O4/c1-28-15-10-13(11-16(29-2)18(15)30-3)26-19-24-8-7-17(27-19)25-12-5-4-6-14(9-12)31-20(21,22)23/h4-11H,1-3H3,(H2,24,25,26,27). The van der Waals surface area contributed by atoms with Gasteiger partial charge in [-0.3, -0.25) is 0 Å². The summed E-state index contributed by atoms with van der Waals surface area (Å²) < 4.78 is 57.1. The molecular formula is C20H19F3N4O4. The average molecular weight is 436 g/mol. The molecule has 0 atom stereocenters. The molecule has 1 aromatic heterocycles. The molecule has 2 aromatic carbocycles. The Morgan fingerprint density at radius 1 is 0.839 bits per heavy atom. The lowest BCUT2D eigenvalue weighted by molar-refractivity contribution is -0.274. The molecule has 11 heteroatoms. The number of nitrogens with zero attached hydrogens (tertiary/aromatic N) is 2. The van der Waals surface area contributed by atoms with Crippen molar-refractivity contribution in [3.8, 4) is 23.0 Å². The van der Waals surface area contributed by atoms with E-state index < -0.39 is 6.36 Å².